The van der Waals surface area contributed by atoms with Crippen molar-refractivity contribution < 1.29 is 0 Å². The molecule has 0 atom stereocenters. The van der Waals surface area contributed by atoms with Gasteiger partial charge in [-0.15, -0.1) is 11.3 Å². The first-order valence-corrected chi connectivity index (χ1v) is 44.4. The van der Waals surface area contributed by atoms with Crippen LogP contribution in [0.2, 0.25) is 0 Å². The Morgan fingerprint density at radius 1 is 0.155 bits per heavy atom. The predicted molar refractivity (Wildman–Crippen MR) is 538 cm³/mol. The Morgan fingerprint density at radius 3 is 0.829 bits per heavy atom. The van der Waals surface area contributed by atoms with Crippen LogP contribution in [0.15, 0.2) is 437 Å². The average Bonchev–Trinajstić information content (AvgIpc) is 1.58. The van der Waals surface area contributed by atoms with E-state index >= 15 is 0 Å². The number of nitrogens with zero attached hydrogens (tertiary/aromatic N) is 10. The Balaban J connectivity index is 0.000000136. The van der Waals surface area contributed by atoms with Crippen LogP contribution in [0.1, 0.15) is 0 Å². The third-order valence-corrected chi connectivity index (χ3v) is 27.1. The molecular formula is C118H72N10S. The van der Waals surface area contributed by atoms with Crippen LogP contribution in [-0.4, -0.2) is 48.2 Å². The molecule has 10 nitrogen and oxygen atoms in total. The number of aromatic nitrogens is 10. The highest BCUT2D eigenvalue weighted by Crippen LogP contribution is 2.45. The fraction of sp³-hybridized carbons (Fsp3) is 0. The van der Waals surface area contributed by atoms with Gasteiger partial charge >= 0.3 is 0 Å². The first kappa shape index (κ1) is 73.4. The Morgan fingerprint density at radius 2 is 0.434 bits per heavy atom. The van der Waals surface area contributed by atoms with Gasteiger partial charge in [0.15, 0.2) is 23.3 Å². The third kappa shape index (κ3) is 12.2. The fourth-order valence-corrected chi connectivity index (χ4v) is 21.1. The van der Waals surface area contributed by atoms with E-state index in [1.165, 1.54) is 80.6 Å². The minimum atomic E-state index is 0.574. The maximum Gasteiger partial charge on any atom is 0.238 e. The molecule has 20 aromatic carbocycles. The maximum absolute atomic E-state index is 5.34. The number of hydrogen-bond acceptors (Lipinski definition) is 7. The Kier molecular flexibility index (Phi) is 17.0. The van der Waals surface area contributed by atoms with Crippen molar-refractivity contribution in [3.05, 3.63) is 437 Å². The summed E-state index contributed by atoms with van der Waals surface area (Å²) in [6.07, 6.45) is 0. The van der Waals surface area contributed by atoms with Crippen molar-refractivity contribution in [1.29, 1.82) is 0 Å². The second kappa shape index (κ2) is 29.8. The van der Waals surface area contributed by atoms with Gasteiger partial charge in [0, 0.05) is 96.9 Å². The number of hydrogen-bond donors (Lipinski definition) is 0. The molecular weight excluding hydrogens is 1590 g/mol. The van der Waals surface area contributed by atoms with Crippen LogP contribution in [0, 0.1) is 0 Å². The summed E-state index contributed by atoms with van der Waals surface area (Å²) in [6, 6.07) is 156. The standard InChI is InChI=1S/C59H35N5S.C59H37N5/c1-3-17-41-36(13-1)15-11-22-46(41)57-60-58(47-23-12-16-37-14-2-4-18-42(37)47)62-59(61-57)64-52-25-9-6-20-44(52)49-34-39(28-31-54(49)64)38-27-30-53-48(33-38)43-19-5-8-24-51(43)63(53)40-29-32-56-50(35-40)45-21-7-10-26-55(45)65-56;1-2-15-38(16-3-1)41-21-12-22-44(35-41)63-53-29-10-8-25-47(53)51-36-42(31-33-55(51)63)43-32-34-56-52(37-43)48-26-9-11-30-54(48)64(56)59-61-57(49-27-13-19-39-17-4-6-23-45(39)49)60-58(62-59)50-28-14-20-40-18-5-7-24-46(40)50/h1-35H;1-37H. The van der Waals surface area contributed by atoms with Crippen molar-refractivity contribution in [3.8, 4) is 102 Å². The molecule has 27 aromatic rings. The summed E-state index contributed by atoms with van der Waals surface area (Å²) in [4.78, 5) is 31.8. The van der Waals surface area contributed by atoms with Crippen LogP contribution >= 0.6 is 11.3 Å². The van der Waals surface area contributed by atoms with Gasteiger partial charge in [-0.2, -0.15) is 19.9 Å². The van der Waals surface area contributed by atoms with E-state index in [9.17, 15) is 0 Å². The first-order chi connectivity index (χ1) is 63.9. The summed E-state index contributed by atoms with van der Waals surface area (Å²) < 4.78 is 11.9. The molecule has 0 fully saturated rings. The van der Waals surface area contributed by atoms with Gasteiger partial charge in [0.25, 0.3) is 0 Å². The molecule has 129 heavy (non-hydrogen) atoms. The van der Waals surface area contributed by atoms with Crippen molar-refractivity contribution in [2.24, 2.45) is 0 Å². The third-order valence-electron chi connectivity index (χ3n) is 26.0. The topological polar surface area (TPSA) is 97.1 Å². The monoisotopic (exact) mass is 1660 g/mol. The molecule has 0 bridgehead atoms. The quantitative estimate of drug-likeness (QED) is 0.128. The fourth-order valence-electron chi connectivity index (χ4n) is 20.0. The number of thiophene rings is 1. The van der Waals surface area contributed by atoms with Crippen molar-refractivity contribution in [3.63, 3.8) is 0 Å². The van der Waals surface area contributed by atoms with Gasteiger partial charge in [0.2, 0.25) is 11.9 Å². The molecule has 0 saturated carbocycles. The summed E-state index contributed by atoms with van der Waals surface area (Å²) in [5, 5.41) is 21.0. The van der Waals surface area contributed by atoms with E-state index in [2.05, 4.69) is 455 Å². The molecule has 0 amide bonds. The molecule has 600 valence electrons. The van der Waals surface area contributed by atoms with Crippen LogP contribution in [0.3, 0.4) is 0 Å². The number of para-hydroxylation sites is 4. The zero-order valence-corrected chi connectivity index (χ0v) is 70.3. The molecule has 11 heteroatoms. The molecule has 0 aliphatic rings. The van der Waals surface area contributed by atoms with Crippen molar-refractivity contribution in [2.45, 2.75) is 0 Å². The lowest BCUT2D eigenvalue weighted by Crippen LogP contribution is -2.06. The second-order valence-electron chi connectivity index (χ2n) is 33.2. The maximum atomic E-state index is 5.34. The SMILES string of the molecule is c1ccc(-c2cccc(-n3c4ccccc4c4cc(-c5ccc6c(c5)c5ccccc5n6-c5nc(-c6cccc7ccccc67)nc(-c6cccc7ccccc67)n5)ccc43)c2)cc1.c1ccc2c(-c3nc(-c4cccc5ccccc45)nc(-n4c5ccccc5c5cc(-c6ccc7c(c6)c6ccccc6n7-c6ccc7sc8ccccc8c7c6)ccc54)n3)cccc2c1. The molecule has 27 rings (SSSR count). The molecule has 0 radical (unpaired) electrons. The van der Waals surface area contributed by atoms with Crippen LogP contribution in [0.5, 0.6) is 0 Å². The lowest BCUT2D eigenvalue weighted by Gasteiger charge is -2.13. The highest BCUT2D eigenvalue weighted by Gasteiger charge is 2.26. The van der Waals surface area contributed by atoms with Gasteiger partial charge in [-0.1, -0.05) is 328 Å². The average molecular weight is 1660 g/mol. The summed E-state index contributed by atoms with van der Waals surface area (Å²) in [5.74, 6) is 3.68. The van der Waals surface area contributed by atoms with Crippen molar-refractivity contribution in [2.75, 3.05) is 0 Å². The lowest BCUT2D eigenvalue weighted by atomic mass is 10.0. The van der Waals surface area contributed by atoms with Crippen LogP contribution in [0.4, 0.5) is 0 Å². The van der Waals surface area contributed by atoms with E-state index in [1.54, 1.807) is 0 Å². The van der Waals surface area contributed by atoms with Gasteiger partial charge in [0.1, 0.15) is 0 Å². The van der Waals surface area contributed by atoms with E-state index in [0.717, 1.165) is 137 Å². The van der Waals surface area contributed by atoms with Gasteiger partial charge < -0.3 is 9.13 Å². The Labute approximate surface area is 743 Å². The zero-order chi connectivity index (χ0) is 84.7. The number of rotatable bonds is 11. The molecule has 0 spiro atoms. The molecule has 0 saturated heterocycles. The van der Waals surface area contributed by atoms with Crippen LogP contribution < -0.4 is 0 Å². The number of fused-ring (bicyclic) bond motifs is 19. The highest BCUT2D eigenvalue weighted by molar-refractivity contribution is 7.25. The van der Waals surface area contributed by atoms with E-state index in [-0.39, 0.29) is 0 Å². The number of benzene rings is 20. The molecule has 7 heterocycles. The second-order valence-corrected chi connectivity index (χ2v) is 34.3. The molecule has 0 aliphatic heterocycles. The predicted octanol–water partition coefficient (Wildman–Crippen LogP) is 30.8. The van der Waals surface area contributed by atoms with Crippen molar-refractivity contribution >= 4 is 162 Å². The summed E-state index contributed by atoms with van der Waals surface area (Å²) >= 11 is 1.85. The highest BCUT2D eigenvalue weighted by atomic mass is 32.1. The van der Waals surface area contributed by atoms with E-state index in [4.69, 9.17) is 29.9 Å². The van der Waals surface area contributed by atoms with Gasteiger partial charge in [0.05, 0.1) is 44.1 Å². The van der Waals surface area contributed by atoms with Gasteiger partial charge in [-0.3, -0.25) is 9.13 Å². The zero-order valence-electron chi connectivity index (χ0n) is 69.4. The summed E-state index contributed by atoms with van der Waals surface area (Å²) in [7, 11) is 0. The van der Waals surface area contributed by atoms with E-state index in [1.807, 2.05) is 11.3 Å². The molecule has 0 N–H and O–H groups in total. The minimum Gasteiger partial charge on any atom is -0.309 e. The minimum absolute atomic E-state index is 0.574. The first-order valence-electron chi connectivity index (χ1n) is 43.6. The van der Waals surface area contributed by atoms with E-state index in [0.29, 0.717) is 35.2 Å². The Hall–Kier alpha value is -17.1. The Bertz CT molecular complexity index is 9100. The lowest BCUT2D eigenvalue weighted by molar-refractivity contribution is 0.955. The summed E-state index contributed by atoms with van der Waals surface area (Å²) in [6.45, 7) is 0. The largest absolute Gasteiger partial charge is 0.309 e. The van der Waals surface area contributed by atoms with Gasteiger partial charge in [-0.25, -0.2) is 9.97 Å². The van der Waals surface area contributed by atoms with Crippen molar-refractivity contribution in [1.82, 2.24) is 48.2 Å². The van der Waals surface area contributed by atoms with Crippen LogP contribution in [0.25, 0.3) is 253 Å². The summed E-state index contributed by atoms with van der Waals surface area (Å²) in [5.41, 5.74) is 22.0. The van der Waals surface area contributed by atoms with Gasteiger partial charge in [-0.05, 0) is 186 Å². The van der Waals surface area contributed by atoms with E-state index < -0.39 is 0 Å². The molecule has 0 unspecified atom stereocenters. The smallest absolute Gasteiger partial charge is 0.238 e. The van der Waals surface area contributed by atoms with Crippen LogP contribution in [-0.2, 0) is 0 Å². The molecule has 7 aromatic heterocycles. The normalized spacial score (nSPS) is 11.9. The molecule has 0 aliphatic carbocycles.